The van der Waals surface area contributed by atoms with E-state index in [0.717, 1.165) is 6.21 Å². The molecule has 0 rings (SSSR count). The summed E-state index contributed by atoms with van der Waals surface area (Å²) < 4.78 is 0. The third-order valence-corrected chi connectivity index (χ3v) is 0.634. The summed E-state index contributed by atoms with van der Waals surface area (Å²) in [5.41, 5.74) is 12.8. The molecule has 0 saturated carbocycles. The molecule has 0 aromatic carbocycles. The van der Waals surface area contributed by atoms with Crippen LogP contribution in [-0.4, -0.2) is 22.8 Å². The molecule has 1 atom stereocenters. The Morgan fingerprint density at radius 3 is 2.62 bits per heavy atom. The van der Waals surface area contributed by atoms with Crippen molar-refractivity contribution in [1.82, 2.24) is 0 Å². The molecule has 8 heavy (non-hydrogen) atoms. The van der Waals surface area contributed by atoms with Gasteiger partial charge in [0.25, 0.3) is 5.78 Å². The van der Waals surface area contributed by atoms with Crippen LogP contribution in [0.15, 0.2) is 0 Å². The first-order valence-electron chi connectivity index (χ1n) is 2.15. The van der Waals surface area contributed by atoms with Crippen LogP contribution >= 0.6 is 0 Å². The molecule has 44 valence electrons. The molecular formula is C4H7N3O. The number of Topliss-reactive ketones (excluding diaryl/α,β-unsaturated/α-hetero) is 1. The first-order chi connectivity index (χ1) is 3.68. The molecule has 0 aromatic rings. The molecule has 0 spiro atoms. The van der Waals surface area contributed by atoms with E-state index in [1.54, 1.807) is 0 Å². The number of nitrogens with zero attached hydrogens (tertiary/aromatic N) is 2. The fourth-order valence-corrected chi connectivity index (χ4v) is 0.174. The number of carbonyl (C=O) groups excluding carboxylic acids is 1. The standard InChI is InChI=1S/C4H7N3O/c1-3(5)4(8)2-7-6/h2-3H,5H2,1H3. The quantitative estimate of drug-likeness (QED) is 0.289. The van der Waals surface area contributed by atoms with Gasteiger partial charge in [-0.1, -0.05) is 0 Å². The van der Waals surface area contributed by atoms with Gasteiger partial charge in [-0.15, -0.1) is 0 Å². The van der Waals surface area contributed by atoms with E-state index in [1.807, 2.05) is 0 Å². The fraction of sp³-hybridized carbons (Fsp3) is 0.500. The van der Waals surface area contributed by atoms with Gasteiger partial charge in [0.1, 0.15) is 0 Å². The molecule has 0 saturated heterocycles. The first kappa shape index (κ1) is 7.01. The summed E-state index contributed by atoms with van der Waals surface area (Å²) in [4.78, 5) is 12.8. The van der Waals surface area contributed by atoms with E-state index in [9.17, 15) is 4.79 Å². The maximum Gasteiger partial charge on any atom is 0.324 e. The molecule has 0 aromatic heterocycles. The lowest BCUT2D eigenvalue weighted by molar-refractivity contribution is -0.116. The van der Waals surface area contributed by atoms with Crippen LogP contribution in [-0.2, 0) is 4.79 Å². The minimum Gasteiger partial charge on any atom is -0.361 e. The minimum atomic E-state index is -0.578. The zero-order valence-electron chi connectivity index (χ0n) is 4.53. The Morgan fingerprint density at radius 2 is 2.50 bits per heavy atom. The van der Waals surface area contributed by atoms with Gasteiger partial charge >= 0.3 is 6.21 Å². The maximum atomic E-state index is 10.3. The van der Waals surface area contributed by atoms with Crippen LogP contribution in [0.2, 0.25) is 0 Å². The number of ketones is 1. The van der Waals surface area contributed by atoms with E-state index in [1.165, 1.54) is 6.92 Å². The molecule has 0 bridgehead atoms. The van der Waals surface area contributed by atoms with Gasteiger partial charge in [0.2, 0.25) is 0 Å². The molecule has 0 amide bonds. The van der Waals surface area contributed by atoms with Crippen molar-refractivity contribution in [3.63, 3.8) is 0 Å². The van der Waals surface area contributed by atoms with Crippen LogP contribution in [0, 0.1) is 0 Å². The summed E-state index contributed by atoms with van der Waals surface area (Å²) in [6, 6.07) is -0.578. The zero-order valence-corrected chi connectivity index (χ0v) is 4.53. The minimum absolute atomic E-state index is 0.382. The van der Waals surface area contributed by atoms with Crippen molar-refractivity contribution >= 4 is 12.0 Å². The van der Waals surface area contributed by atoms with Gasteiger partial charge in [0, 0.05) is 0 Å². The molecule has 1 unspecified atom stereocenters. The maximum absolute atomic E-state index is 10.3. The Balaban J connectivity index is 3.84. The number of hydrogen-bond acceptors (Lipinski definition) is 2. The van der Waals surface area contributed by atoms with Gasteiger partial charge in [-0.05, 0) is 6.92 Å². The van der Waals surface area contributed by atoms with Gasteiger partial charge in [-0.2, -0.15) is 4.79 Å². The lowest BCUT2D eigenvalue weighted by Gasteiger charge is -1.89. The van der Waals surface area contributed by atoms with E-state index in [-0.39, 0.29) is 5.78 Å². The summed E-state index contributed by atoms with van der Waals surface area (Å²) >= 11 is 0. The molecule has 2 N–H and O–H groups in total. The third kappa shape index (κ3) is 2.23. The summed E-state index contributed by atoms with van der Waals surface area (Å²) in [5.74, 6) is -0.382. The third-order valence-electron chi connectivity index (χ3n) is 0.634. The predicted molar refractivity (Wildman–Crippen MR) is 28.3 cm³/mol. The molecular weight excluding hydrogens is 106 g/mol. The monoisotopic (exact) mass is 113 g/mol. The SMILES string of the molecule is CC(N)C(=O)C=[N+]=[N-]. The smallest absolute Gasteiger partial charge is 0.324 e. The van der Waals surface area contributed by atoms with Crippen LogP contribution in [0.5, 0.6) is 0 Å². The first-order valence-corrected chi connectivity index (χ1v) is 2.15. The van der Waals surface area contributed by atoms with Crippen LogP contribution in [0.25, 0.3) is 5.53 Å². The van der Waals surface area contributed by atoms with Crippen LogP contribution in [0.4, 0.5) is 0 Å². The molecule has 4 heteroatoms. The summed E-state index contributed by atoms with van der Waals surface area (Å²) in [6.45, 7) is 1.52. The highest BCUT2D eigenvalue weighted by molar-refractivity contribution is 6.27. The van der Waals surface area contributed by atoms with Crippen molar-refractivity contribution in [1.29, 1.82) is 0 Å². The average Bonchev–Trinajstić information content (AvgIpc) is 1.67. The number of nitrogens with two attached hydrogens (primary N) is 1. The highest BCUT2D eigenvalue weighted by Gasteiger charge is 2.06. The van der Waals surface area contributed by atoms with Gasteiger partial charge in [-0.3, -0.25) is 4.79 Å². The Kier molecular flexibility index (Phi) is 2.69. The second kappa shape index (κ2) is 3.07. The van der Waals surface area contributed by atoms with Crippen molar-refractivity contribution in [2.24, 2.45) is 5.73 Å². The van der Waals surface area contributed by atoms with Gasteiger partial charge < -0.3 is 11.3 Å². The average molecular weight is 113 g/mol. The van der Waals surface area contributed by atoms with Gasteiger partial charge in [-0.25, -0.2) is 0 Å². The predicted octanol–water partition coefficient (Wildman–Crippen LogP) is -0.797. The lowest BCUT2D eigenvalue weighted by atomic mass is 10.2. The Hall–Kier alpha value is -0.990. The van der Waals surface area contributed by atoms with Crippen LogP contribution < -0.4 is 5.73 Å². The van der Waals surface area contributed by atoms with Gasteiger partial charge in [0.05, 0.1) is 6.04 Å². The highest BCUT2D eigenvalue weighted by Crippen LogP contribution is 1.70. The van der Waals surface area contributed by atoms with Crippen LogP contribution in [0.1, 0.15) is 6.92 Å². The fourth-order valence-electron chi connectivity index (χ4n) is 0.174. The second-order valence-corrected chi connectivity index (χ2v) is 1.44. The molecule has 0 aliphatic rings. The number of rotatable bonds is 2. The van der Waals surface area contributed by atoms with E-state index in [2.05, 4.69) is 4.79 Å². The zero-order chi connectivity index (χ0) is 6.57. The van der Waals surface area contributed by atoms with E-state index in [0.29, 0.717) is 0 Å². The Morgan fingerprint density at radius 1 is 2.00 bits per heavy atom. The molecule has 0 fully saturated rings. The summed E-state index contributed by atoms with van der Waals surface area (Å²) in [6.07, 6.45) is 0.782. The van der Waals surface area contributed by atoms with E-state index < -0.39 is 6.04 Å². The summed E-state index contributed by atoms with van der Waals surface area (Å²) in [5, 5.41) is 0. The molecule has 4 nitrogen and oxygen atoms in total. The van der Waals surface area contributed by atoms with Crippen molar-refractivity contribution in [3.8, 4) is 0 Å². The van der Waals surface area contributed by atoms with Crippen molar-refractivity contribution < 1.29 is 9.58 Å². The van der Waals surface area contributed by atoms with Crippen molar-refractivity contribution in [3.05, 3.63) is 5.53 Å². The topological polar surface area (TPSA) is 79.5 Å². The molecule has 0 heterocycles. The molecule has 0 radical (unpaired) electrons. The van der Waals surface area contributed by atoms with Crippen LogP contribution in [0.3, 0.4) is 0 Å². The van der Waals surface area contributed by atoms with Gasteiger partial charge in [0.15, 0.2) is 0 Å². The second-order valence-electron chi connectivity index (χ2n) is 1.44. The Labute approximate surface area is 46.9 Å². The van der Waals surface area contributed by atoms with E-state index >= 15 is 0 Å². The van der Waals surface area contributed by atoms with Crippen molar-refractivity contribution in [2.75, 3.05) is 0 Å². The Bertz CT molecular complexity index is 134. The van der Waals surface area contributed by atoms with E-state index in [4.69, 9.17) is 11.3 Å². The normalized spacial score (nSPS) is 11.8. The summed E-state index contributed by atoms with van der Waals surface area (Å²) in [7, 11) is 0. The lowest BCUT2D eigenvalue weighted by Crippen LogP contribution is -2.27. The largest absolute Gasteiger partial charge is 0.361 e. The van der Waals surface area contributed by atoms with Crippen molar-refractivity contribution in [2.45, 2.75) is 13.0 Å². The number of carbonyl (C=O) groups is 1. The highest BCUT2D eigenvalue weighted by atomic mass is 16.1. The number of hydrogen-bond donors (Lipinski definition) is 1. The molecule has 0 aliphatic heterocycles. The molecule has 0 aliphatic carbocycles.